The van der Waals surface area contributed by atoms with Crippen LogP contribution in [0.15, 0.2) is 29.2 Å². The number of hydrogen-bond acceptors (Lipinski definition) is 3. The second-order valence-corrected chi connectivity index (χ2v) is 9.48. The highest BCUT2D eigenvalue weighted by molar-refractivity contribution is 7.89. The van der Waals surface area contributed by atoms with Crippen molar-refractivity contribution in [3.63, 3.8) is 0 Å². The molecule has 0 spiro atoms. The number of hydrogen-bond donors (Lipinski definition) is 1. The summed E-state index contributed by atoms with van der Waals surface area (Å²) in [6.07, 6.45) is 3.30. The van der Waals surface area contributed by atoms with Crippen LogP contribution in [0.2, 0.25) is 0 Å². The van der Waals surface area contributed by atoms with Gasteiger partial charge in [-0.3, -0.25) is 4.79 Å². The highest BCUT2D eigenvalue weighted by Gasteiger charge is 2.56. The van der Waals surface area contributed by atoms with E-state index in [4.69, 9.17) is 23.2 Å². The highest BCUT2D eigenvalue weighted by Crippen LogP contribution is 2.53. The Morgan fingerprint density at radius 1 is 1.13 bits per heavy atom. The van der Waals surface area contributed by atoms with E-state index >= 15 is 0 Å². The topological polar surface area (TPSA) is 66.5 Å². The number of rotatable bonds is 4. The average Bonchev–Trinajstić information content (AvgIpc) is 3.18. The van der Waals surface area contributed by atoms with Gasteiger partial charge in [0.1, 0.15) is 4.33 Å². The first-order chi connectivity index (χ1) is 10.8. The molecule has 1 saturated heterocycles. The molecule has 1 heterocycles. The quantitative estimate of drug-likeness (QED) is 0.821. The summed E-state index contributed by atoms with van der Waals surface area (Å²) in [7, 11) is -3.45. The predicted octanol–water partition coefficient (Wildman–Crippen LogP) is 2.99. The van der Waals surface area contributed by atoms with E-state index in [1.54, 1.807) is 12.1 Å². The van der Waals surface area contributed by atoms with Gasteiger partial charge in [-0.05, 0) is 43.5 Å². The van der Waals surface area contributed by atoms with Gasteiger partial charge in [0.15, 0.2) is 0 Å². The van der Waals surface area contributed by atoms with Crippen LogP contribution in [-0.4, -0.2) is 36.1 Å². The molecule has 1 amide bonds. The number of carbonyl (C=O) groups excluding carboxylic acids is 1. The van der Waals surface area contributed by atoms with Crippen LogP contribution < -0.4 is 5.32 Å². The maximum absolute atomic E-state index is 12.5. The van der Waals surface area contributed by atoms with Gasteiger partial charge in [-0.2, -0.15) is 4.31 Å². The molecular formula is C15H18Cl2N2O3S. The molecule has 1 N–H and O–H groups in total. The number of sulfonamides is 1. The lowest BCUT2D eigenvalue weighted by molar-refractivity contribution is -0.117. The zero-order valence-corrected chi connectivity index (χ0v) is 14.8. The van der Waals surface area contributed by atoms with Crippen molar-refractivity contribution in [2.24, 2.45) is 5.92 Å². The van der Waals surface area contributed by atoms with Crippen molar-refractivity contribution >= 4 is 44.8 Å². The third kappa shape index (κ3) is 3.65. The van der Waals surface area contributed by atoms with Gasteiger partial charge >= 0.3 is 0 Å². The van der Waals surface area contributed by atoms with Gasteiger partial charge in [0, 0.05) is 18.8 Å². The number of halogens is 2. The van der Waals surface area contributed by atoms with Gasteiger partial charge in [-0.25, -0.2) is 8.42 Å². The van der Waals surface area contributed by atoms with Crippen LogP contribution in [0.25, 0.3) is 0 Å². The van der Waals surface area contributed by atoms with Crippen LogP contribution in [0.4, 0.5) is 5.69 Å². The minimum absolute atomic E-state index is 0.243. The maximum atomic E-state index is 12.5. The van der Waals surface area contributed by atoms with Crippen LogP contribution >= 0.6 is 23.2 Å². The molecular weight excluding hydrogens is 359 g/mol. The first kappa shape index (κ1) is 17.0. The van der Waals surface area contributed by atoms with Gasteiger partial charge < -0.3 is 5.32 Å². The maximum Gasteiger partial charge on any atom is 0.243 e. The Morgan fingerprint density at radius 2 is 1.70 bits per heavy atom. The molecule has 2 aliphatic rings. The molecule has 1 saturated carbocycles. The number of nitrogens with zero attached hydrogens (tertiary/aromatic N) is 1. The lowest BCUT2D eigenvalue weighted by Gasteiger charge is -2.25. The molecule has 1 aliphatic heterocycles. The van der Waals surface area contributed by atoms with Crippen molar-refractivity contribution in [2.75, 3.05) is 18.4 Å². The molecule has 0 radical (unpaired) electrons. The molecule has 1 aromatic carbocycles. The van der Waals surface area contributed by atoms with Gasteiger partial charge in [0.2, 0.25) is 15.9 Å². The van der Waals surface area contributed by atoms with Crippen molar-refractivity contribution in [3.8, 4) is 0 Å². The summed E-state index contributed by atoms with van der Waals surface area (Å²) in [4.78, 5) is 12.2. The molecule has 5 nitrogen and oxygen atoms in total. The molecule has 1 aliphatic carbocycles. The number of nitrogens with one attached hydrogen (secondary N) is 1. The van der Waals surface area contributed by atoms with Gasteiger partial charge in [0.25, 0.3) is 0 Å². The van der Waals surface area contributed by atoms with Crippen molar-refractivity contribution in [3.05, 3.63) is 24.3 Å². The zero-order valence-electron chi connectivity index (χ0n) is 12.5. The Hall–Kier alpha value is -0.820. The first-order valence-corrected chi connectivity index (χ1v) is 9.79. The monoisotopic (exact) mass is 376 g/mol. The van der Waals surface area contributed by atoms with Crippen molar-refractivity contribution in [1.82, 2.24) is 4.31 Å². The summed E-state index contributed by atoms with van der Waals surface area (Å²) in [5, 5.41) is 2.70. The number of carbonyl (C=O) groups is 1. The Bertz CT molecular complexity index is 698. The van der Waals surface area contributed by atoms with E-state index in [1.807, 2.05) is 0 Å². The lowest BCUT2D eigenvalue weighted by Crippen LogP contribution is -2.35. The highest BCUT2D eigenvalue weighted by atomic mass is 35.5. The number of amides is 1. The summed E-state index contributed by atoms with van der Waals surface area (Å²) in [5.74, 6) is -0.663. The second kappa shape index (κ2) is 6.24. The molecule has 23 heavy (non-hydrogen) atoms. The van der Waals surface area contributed by atoms with Gasteiger partial charge in [-0.15, -0.1) is 23.2 Å². The fourth-order valence-electron chi connectivity index (χ4n) is 2.69. The van der Waals surface area contributed by atoms with Gasteiger partial charge in [0.05, 0.1) is 10.8 Å². The Kier molecular flexibility index (Phi) is 4.62. The normalized spacial score (nSPS) is 24.2. The molecule has 2 fully saturated rings. The van der Waals surface area contributed by atoms with E-state index in [-0.39, 0.29) is 10.8 Å². The number of alkyl halides is 2. The zero-order chi connectivity index (χ0) is 16.7. The summed E-state index contributed by atoms with van der Waals surface area (Å²) in [6.45, 7) is 1.13. The molecule has 3 rings (SSSR count). The van der Waals surface area contributed by atoms with E-state index in [1.165, 1.54) is 16.4 Å². The Morgan fingerprint density at radius 3 is 2.22 bits per heavy atom. The third-order valence-corrected chi connectivity index (χ3v) is 6.97. The minimum Gasteiger partial charge on any atom is -0.326 e. The molecule has 8 heteroatoms. The second-order valence-electron chi connectivity index (χ2n) is 6.00. The lowest BCUT2D eigenvalue weighted by atomic mass is 10.2. The molecule has 0 bridgehead atoms. The van der Waals surface area contributed by atoms with Crippen LogP contribution in [0.1, 0.15) is 25.7 Å². The van der Waals surface area contributed by atoms with E-state index in [0.717, 1.165) is 19.3 Å². The molecule has 1 unspecified atom stereocenters. The van der Waals surface area contributed by atoms with E-state index in [9.17, 15) is 13.2 Å². The minimum atomic E-state index is -3.45. The van der Waals surface area contributed by atoms with Crippen molar-refractivity contribution < 1.29 is 13.2 Å². The molecule has 1 aromatic rings. The standard InChI is InChI=1S/C15H18Cl2N2O3S/c16-15(17)10-13(15)14(20)18-11-4-6-12(7-5-11)23(21,22)19-8-2-1-3-9-19/h4-7,13H,1-3,8-10H2,(H,18,20). The van der Waals surface area contributed by atoms with Crippen LogP contribution in [0.3, 0.4) is 0 Å². The van der Waals surface area contributed by atoms with Crippen LogP contribution in [0.5, 0.6) is 0 Å². The summed E-state index contributed by atoms with van der Waals surface area (Å²) < 4.78 is 25.6. The fraction of sp³-hybridized carbons (Fsp3) is 0.533. The van der Waals surface area contributed by atoms with Crippen molar-refractivity contribution in [1.29, 1.82) is 0 Å². The fourth-order valence-corrected chi connectivity index (χ4v) is 4.72. The van der Waals surface area contributed by atoms with Crippen molar-refractivity contribution in [2.45, 2.75) is 34.9 Å². The summed E-state index contributed by atoms with van der Waals surface area (Å²) in [5.41, 5.74) is 0.531. The number of benzene rings is 1. The smallest absolute Gasteiger partial charge is 0.243 e. The third-order valence-electron chi connectivity index (χ3n) is 4.22. The molecule has 1 atom stereocenters. The largest absolute Gasteiger partial charge is 0.326 e. The SMILES string of the molecule is O=C(Nc1ccc(S(=O)(=O)N2CCCCC2)cc1)C1CC1(Cl)Cl. The number of piperidine rings is 1. The van der Waals surface area contributed by atoms with E-state index in [0.29, 0.717) is 25.2 Å². The Labute approximate surface area is 146 Å². The molecule has 0 aromatic heterocycles. The van der Waals surface area contributed by atoms with Gasteiger partial charge in [-0.1, -0.05) is 6.42 Å². The first-order valence-electron chi connectivity index (χ1n) is 7.60. The Balaban J connectivity index is 1.68. The summed E-state index contributed by atoms with van der Waals surface area (Å²) >= 11 is 11.7. The predicted molar refractivity (Wildman–Crippen MR) is 90.2 cm³/mol. The summed E-state index contributed by atoms with van der Waals surface area (Å²) in [6, 6.07) is 6.20. The average molecular weight is 377 g/mol. The molecule has 126 valence electrons. The van der Waals surface area contributed by atoms with Crippen LogP contribution in [0, 0.1) is 5.92 Å². The number of anilines is 1. The van der Waals surface area contributed by atoms with E-state index in [2.05, 4.69) is 5.32 Å². The van der Waals surface area contributed by atoms with Crippen LogP contribution in [-0.2, 0) is 14.8 Å². The van der Waals surface area contributed by atoms with E-state index < -0.39 is 20.3 Å².